The van der Waals surface area contributed by atoms with Crippen molar-refractivity contribution in [3.8, 4) is 5.75 Å². The van der Waals surface area contributed by atoms with E-state index in [9.17, 15) is 14.7 Å². The zero-order valence-electron chi connectivity index (χ0n) is 14.1. The number of para-hydroxylation sites is 2. The number of carbonyl (C=O) groups is 2. The molecule has 1 heterocycles. The molecule has 2 aromatic rings. The Labute approximate surface area is 146 Å². The minimum atomic E-state index is -0.898. The number of fused-ring (bicyclic) bond motifs is 1. The smallest absolute Gasteiger partial charge is 0.312 e. The van der Waals surface area contributed by atoms with Crippen LogP contribution in [0.15, 0.2) is 48.5 Å². The number of carboxylic acid groups (broad SMARTS) is 1. The first-order valence-corrected chi connectivity index (χ1v) is 8.38. The summed E-state index contributed by atoms with van der Waals surface area (Å²) in [6.45, 7) is 2.63. The lowest BCUT2D eigenvalue weighted by Gasteiger charge is -2.17. The normalized spacial score (nSPS) is 15.7. The first-order chi connectivity index (χ1) is 12.1. The fraction of sp³-hybridized carbons (Fsp3) is 0.300. The summed E-state index contributed by atoms with van der Waals surface area (Å²) in [6, 6.07) is 15.0. The van der Waals surface area contributed by atoms with Crippen molar-refractivity contribution in [2.75, 3.05) is 18.1 Å². The molecule has 5 heteroatoms. The first kappa shape index (κ1) is 17.0. The number of carboxylic acids is 1. The van der Waals surface area contributed by atoms with Gasteiger partial charge in [-0.25, -0.2) is 0 Å². The van der Waals surface area contributed by atoms with Gasteiger partial charge in [-0.05, 0) is 36.6 Å². The van der Waals surface area contributed by atoms with Gasteiger partial charge in [0.1, 0.15) is 11.7 Å². The highest BCUT2D eigenvalue weighted by molar-refractivity contribution is 5.98. The number of nitrogens with zero attached hydrogens (tertiary/aromatic N) is 1. The summed E-state index contributed by atoms with van der Waals surface area (Å²) in [5, 5.41) is 9.37. The van der Waals surface area contributed by atoms with Crippen LogP contribution >= 0.6 is 0 Å². The van der Waals surface area contributed by atoms with Gasteiger partial charge in [0, 0.05) is 18.7 Å². The Morgan fingerprint density at radius 2 is 1.88 bits per heavy atom. The van der Waals surface area contributed by atoms with Crippen molar-refractivity contribution in [1.82, 2.24) is 0 Å². The second-order valence-electron chi connectivity index (χ2n) is 6.17. The molecule has 25 heavy (non-hydrogen) atoms. The van der Waals surface area contributed by atoms with Gasteiger partial charge in [0.05, 0.1) is 6.61 Å². The third-order valence-corrected chi connectivity index (χ3v) is 4.45. The second kappa shape index (κ2) is 7.38. The van der Waals surface area contributed by atoms with Gasteiger partial charge in [-0.3, -0.25) is 9.59 Å². The SMILES string of the molecule is Cc1ccccc1OCCCC(=O)N1CC(C(=O)O)c2ccccc21. The number of aryl methyl sites for hydroxylation is 1. The lowest BCUT2D eigenvalue weighted by Crippen LogP contribution is -2.31. The number of hydrogen-bond acceptors (Lipinski definition) is 3. The maximum atomic E-state index is 12.5. The Balaban J connectivity index is 1.57. The standard InChI is InChI=1S/C20H21NO4/c1-14-7-2-5-10-18(14)25-12-6-11-19(22)21-13-16(20(23)24)15-8-3-4-9-17(15)21/h2-5,7-10,16H,6,11-13H2,1H3,(H,23,24). The van der Waals surface area contributed by atoms with Gasteiger partial charge >= 0.3 is 5.97 Å². The fourth-order valence-corrected chi connectivity index (χ4v) is 3.11. The molecule has 130 valence electrons. The predicted molar refractivity (Wildman–Crippen MR) is 95.1 cm³/mol. The van der Waals surface area contributed by atoms with Crippen LogP contribution < -0.4 is 9.64 Å². The maximum Gasteiger partial charge on any atom is 0.312 e. The Morgan fingerprint density at radius 3 is 2.64 bits per heavy atom. The van der Waals surface area contributed by atoms with E-state index < -0.39 is 11.9 Å². The largest absolute Gasteiger partial charge is 0.493 e. The summed E-state index contributed by atoms with van der Waals surface area (Å²) < 4.78 is 5.71. The monoisotopic (exact) mass is 339 g/mol. The van der Waals surface area contributed by atoms with Crippen molar-refractivity contribution in [2.24, 2.45) is 0 Å². The lowest BCUT2D eigenvalue weighted by atomic mass is 10.0. The van der Waals surface area contributed by atoms with E-state index in [0.717, 1.165) is 11.3 Å². The number of carbonyl (C=O) groups excluding carboxylic acids is 1. The molecule has 5 nitrogen and oxygen atoms in total. The van der Waals surface area contributed by atoms with Crippen LogP contribution in [0.2, 0.25) is 0 Å². The van der Waals surface area contributed by atoms with Crippen molar-refractivity contribution < 1.29 is 19.4 Å². The van der Waals surface area contributed by atoms with Gasteiger partial charge in [-0.2, -0.15) is 0 Å². The quantitative estimate of drug-likeness (QED) is 0.820. The molecule has 0 radical (unpaired) electrons. The van der Waals surface area contributed by atoms with Crippen molar-refractivity contribution >= 4 is 17.6 Å². The highest BCUT2D eigenvalue weighted by Gasteiger charge is 2.35. The first-order valence-electron chi connectivity index (χ1n) is 8.38. The Hall–Kier alpha value is -2.82. The number of benzene rings is 2. The zero-order chi connectivity index (χ0) is 17.8. The fourth-order valence-electron chi connectivity index (χ4n) is 3.11. The Morgan fingerprint density at radius 1 is 1.16 bits per heavy atom. The highest BCUT2D eigenvalue weighted by Crippen LogP contribution is 2.36. The van der Waals surface area contributed by atoms with Gasteiger partial charge in [0.25, 0.3) is 0 Å². The van der Waals surface area contributed by atoms with E-state index in [0.29, 0.717) is 30.7 Å². The van der Waals surface area contributed by atoms with Crippen LogP contribution in [0.25, 0.3) is 0 Å². The average Bonchev–Trinajstić information content (AvgIpc) is 3.00. The highest BCUT2D eigenvalue weighted by atomic mass is 16.5. The van der Waals surface area contributed by atoms with Gasteiger partial charge in [0.15, 0.2) is 0 Å². The lowest BCUT2D eigenvalue weighted by molar-refractivity contribution is -0.138. The van der Waals surface area contributed by atoms with Crippen molar-refractivity contribution in [3.63, 3.8) is 0 Å². The van der Waals surface area contributed by atoms with E-state index in [-0.39, 0.29) is 12.5 Å². The van der Waals surface area contributed by atoms with Crippen LogP contribution in [0, 0.1) is 6.92 Å². The number of anilines is 1. The molecule has 1 aliphatic heterocycles. The van der Waals surface area contributed by atoms with Gasteiger partial charge in [-0.15, -0.1) is 0 Å². The van der Waals surface area contributed by atoms with Crippen LogP contribution in [-0.4, -0.2) is 30.1 Å². The van der Waals surface area contributed by atoms with E-state index in [4.69, 9.17) is 4.74 Å². The summed E-state index contributed by atoms with van der Waals surface area (Å²) in [6.07, 6.45) is 0.913. The summed E-state index contributed by atoms with van der Waals surface area (Å²) in [5.74, 6) is -0.786. The van der Waals surface area contributed by atoms with E-state index >= 15 is 0 Å². The van der Waals surface area contributed by atoms with E-state index in [1.807, 2.05) is 37.3 Å². The van der Waals surface area contributed by atoms with E-state index in [1.54, 1.807) is 23.1 Å². The van der Waals surface area contributed by atoms with Crippen molar-refractivity contribution in [2.45, 2.75) is 25.7 Å². The van der Waals surface area contributed by atoms with Crippen molar-refractivity contribution in [1.29, 1.82) is 0 Å². The molecule has 0 spiro atoms. The predicted octanol–water partition coefficient (Wildman–Crippen LogP) is 3.37. The molecule has 2 aromatic carbocycles. The molecular weight excluding hydrogens is 318 g/mol. The van der Waals surface area contributed by atoms with Gasteiger partial charge in [-0.1, -0.05) is 36.4 Å². The molecule has 1 aliphatic rings. The topological polar surface area (TPSA) is 66.8 Å². The molecular formula is C20H21NO4. The second-order valence-corrected chi connectivity index (χ2v) is 6.17. The Bertz CT molecular complexity index is 787. The summed E-state index contributed by atoms with van der Waals surface area (Å²) in [7, 11) is 0. The van der Waals surface area contributed by atoms with E-state index in [2.05, 4.69) is 0 Å². The minimum Gasteiger partial charge on any atom is -0.493 e. The van der Waals surface area contributed by atoms with E-state index in [1.165, 1.54) is 0 Å². The Kier molecular flexibility index (Phi) is 5.03. The molecule has 1 amide bonds. The maximum absolute atomic E-state index is 12.5. The minimum absolute atomic E-state index is 0.0652. The number of amides is 1. The number of rotatable bonds is 6. The average molecular weight is 339 g/mol. The van der Waals surface area contributed by atoms with Crippen LogP contribution in [0.4, 0.5) is 5.69 Å². The molecule has 3 rings (SSSR count). The molecule has 0 saturated carbocycles. The van der Waals surface area contributed by atoms with Gasteiger partial charge < -0.3 is 14.7 Å². The zero-order valence-corrected chi connectivity index (χ0v) is 14.1. The summed E-state index contributed by atoms with van der Waals surface area (Å²) >= 11 is 0. The number of ether oxygens (including phenoxy) is 1. The van der Waals surface area contributed by atoms with Gasteiger partial charge in [0.2, 0.25) is 5.91 Å². The van der Waals surface area contributed by atoms with Crippen molar-refractivity contribution in [3.05, 3.63) is 59.7 Å². The molecule has 0 aliphatic carbocycles. The molecule has 1 atom stereocenters. The molecule has 1 N–H and O–H groups in total. The number of aliphatic carboxylic acids is 1. The van der Waals surface area contributed by atoms with Crippen LogP contribution in [0.1, 0.15) is 29.9 Å². The molecule has 0 aromatic heterocycles. The van der Waals surface area contributed by atoms with Crippen LogP contribution in [0.3, 0.4) is 0 Å². The van der Waals surface area contributed by atoms with Crippen LogP contribution in [0.5, 0.6) is 5.75 Å². The summed E-state index contributed by atoms with van der Waals surface area (Å²) in [4.78, 5) is 25.5. The summed E-state index contributed by atoms with van der Waals surface area (Å²) in [5.41, 5.74) is 2.48. The van der Waals surface area contributed by atoms with Crippen LogP contribution in [-0.2, 0) is 9.59 Å². The molecule has 0 bridgehead atoms. The third-order valence-electron chi connectivity index (χ3n) is 4.45. The molecule has 0 saturated heterocycles. The number of hydrogen-bond donors (Lipinski definition) is 1. The third kappa shape index (κ3) is 3.65. The molecule has 1 unspecified atom stereocenters. The molecule has 0 fully saturated rings.